The highest BCUT2D eigenvalue weighted by Crippen LogP contribution is 2.33. The first-order valence-electron chi connectivity index (χ1n) is 5.96. The average molecular weight is 329 g/mol. The Kier molecular flexibility index (Phi) is 5.19. The number of hydrogen-bond donors (Lipinski definition) is 2. The molecule has 2 aromatic rings. The molecule has 1 aromatic heterocycles. The van der Waals surface area contributed by atoms with Crippen LogP contribution >= 0.6 is 23.2 Å². The first-order valence-corrected chi connectivity index (χ1v) is 6.72. The third-order valence-electron chi connectivity index (χ3n) is 2.86. The van der Waals surface area contributed by atoms with E-state index in [0.29, 0.717) is 27.2 Å². The predicted octanol–water partition coefficient (Wildman–Crippen LogP) is 2.35. The van der Waals surface area contributed by atoms with Crippen LogP contribution in [0.3, 0.4) is 0 Å². The van der Waals surface area contributed by atoms with Gasteiger partial charge in [0.25, 0.3) is 0 Å². The zero-order valence-corrected chi connectivity index (χ0v) is 12.9. The molecule has 2 rings (SSSR count). The van der Waals surface area contributed by atoms with E-state index >= 15 is 0 Å². The molecule has 6 nitrogen and oxygen atoms in total. The lowest BCUT2D eigenvalue weighted by molar-refractivity contribution is 0.352. The van der Waals surface area contributed by atoms with E-state index in [2.05, 4.69) is 15.4 Å². The zero-order valence-electron chi connectivity index (χ0n) is 11.4. The van der Waals surface area contributed by atoms with Gasteiger partial charge < -0.3 is 9.47 Å². The Bertz CT molecular complexity index is 640. The standard InChI is InChI=1S/C13H14Cl2N4O2/c1-20-10-6-17-12(13(18-10)21-2)11(19-16)8-5-7(14)3-4-9(8)15/h3-6,11,19H,16H2,1-2H3. The van der Waals surface area contributed by atoms with E-state index in [1.54, 1.807) is 18.2 Å². The fourth-order valence-corrected chi connectivity index (χ4v) is 2.27. The van der Waals surface area contributed by atoms with Crippen molar-refractivity contribution in [3.05, 3.63) is 45.7 Å². The molecular formula is C13H14Cl2N4O2. The number of aromatic nitrogens is 2. The van der Waals surface area contributed by atoms with Crippen molar-refractivity contribution in [2.24, 2.45) is 5.84 Å². The summed E-state index contributed by atoms with van der Waals surface area (Å²) in [7, 11) is 2.98. The second kappa shape index (κ2) is 6.91. The van der Waals surface area contributed by atoms with Gasteiger partial charge in [-0.15, -0.1) is 0 Å². The quantitative estimate of drug-likeness (QED) is 0.647. The van der Waals surface area contributed by atoms with E-state index in [4.69, 9.17) is 38.5 Å². The zero-order chi connectivity index (χ0) is 15.4. The average Bonchev–Trinajstić information content (AvgIpc) is 2.51. The predicted molar refractivity (Wildman–Crippen MR) is 80.8 cm³/mol. The summed E-state index contributed by atoms with van der Waals surface area (Å²) in [5.41, 5.74) is 3.80. The lowest BCUT2D eigenvalue weighted by atomic mass is 10.0. The summed E-state index contributed by atoms with van der Waals surface area (Å²) in [5.74, 6) is 6.27. The van der Waals surface area contributed by atoms with Gasteiger partial charge in [-0.1, -0.05) is 23.2 Å². The lowest BCUT2D eigenvalue weighted by Gasteiger charge is -2.19. The summed E-state index contributed by atoms with van der Waals surface area (Å²) in [6.07, 6.45) is 1.47. The van der Waals surface area contributed by atoms with Gasteiger partial charge in [-0.25, -0.2) is 10.4 Å². The molecule has 0 bridgehead atoms. The Morgan fingerprint density at radius 2 is 2.00 bits per heavy atom. The van der Waals surface area contributed by atoms with Crippen molar-refractivity contribution in [3.8, 4) is 11.8 Å². The van der Waals surface area contributed by atoms with E-state index in [0.717, 1.165) is 0 Å². The molecule has 1 heterocycles. The normalized spacial score (nSPS) is 12.0. The topological polar surface area (TPSA) is 82.3 Å². The number of halogens is 2. The number of nitrogens with one attached hydrogen (secondary N) is 1. The molecule has 0 saturated heterocycles. The van der Waals surface area contributed by atoms with Crippen LogP contribution in [0.1, 0.15) is 17.3 Å². The van der Waals surface area contributed by atoms with Crippen LogP contribution < -0.4 is 20.7 Å². The molecule has 21 heavy (non-hydrogen) atoms. The van der Waals surface area contributed by atoms with Crippen LogP contribution in [0, 0.1) is 0 Å². The smallest absolute Gasteiger partial charge is 0.240 e. The maximum absolute atomic E-state index is 6.21. The van der Waals surface area contributed by atoms with Gasteiger partial charge in [0.2, 0.25) is 11.8 Å². The lowest BCUT2D eigenvalue weighted by Crippen LogP contribution is -2.30. The summed E-state index contributed by atoms with van der Waals surface area (Å²) in [5, 5.41) is 1.04. The molecule has 1 aromatic carbocycles. The fourth-order valence-electron chi connectivity index (χ4n) is 1.86. The molecule has 0 amide bonds. The van der Waals surface area contributed by atoms with Crippen molar-refractivity contribution in [2.45, 2.75) is 6.04 Å². The molecule has 0 aliphatic heterocycles. The summed E-state index contributed by atoms with van der Waals surface area (Å²) in [6, 6.07) is 4.56. The van der Waals surface area contributed by atoms with Crippen LogP contribution in [-0.4, -0.2) is 24.2 Å². The number of hydrazine groups is 1. The van der Waals surface area contributed by atoms with Crippen LogP contribution in [-0.2, 0) is 0 Å². The Morgan fingerprint density at radius 1 is 1.24 bits per heavy atom. The minimum Gasteiger partial charge on any atom is -0.480 e. The third kappa shape index (κ3) is 3.36. The van der Waals surface area contributed by atoms with Gasteiger partial charge in [-0.3, -0.25) is 5.84 Å². The van der Waals surface area contributed by atoms with Crippen LogP contribution in [0.2, 0.25) is 10.0 Å². The van der Waals surface area contributed by atoms with E-state index in [-0.39, 0.29) is 5.88 Å². The number of ether oxygens (including phenoxy) is 2. The van der Waals surface area contributed by atoms with Gasteiger partial charge in [0.15, 0.2) is 0 Å². The first kappa shape index (κ1) is 15.8. The van der Waals surface area contributed by atoms with E-state index in [9.17, 15) is 0 Å². The Hall–Kier alpha value is -1.60. The summed E-state index contributed by atoms with van der Waals surface area (Å²) in [4.78, 5) is 8.46. The van der Waals surface area contributed by atoms with Crippen LogP contribution in [0.5, 0.6) is 11.8 Å². The molecule has 112 valence electrons. The molecule has 0 aliphatic rings. The van der Waals surface area contributed by atoms with E-state index < -0.39 is 6.04 Å². The second-order valence-electron chi connectivity index (χ2n) is 4.07. The Labute approximate surface area is 132 Å². The molecular weight excluding hydrogens is 315 g/mol. The SMILES string of the molecule is COc1cnc(C(NN)c2cc(Cl)ccc2Cl)c(OC)n1. The number of hydrogen-bond acceptors (Lipinski definition) is 6. The van der Waals surface area contributed by atoms with Gasteiger partial charge in [0.1, 0.15) is 5.69 Å². The van der Waals surface area contributed by atoms with Crippen LogP contribution in [0.25, 0.3) is 0 Å². The van der Waals surface area contributed by atoms with Crippen LogP contribution in [0.15, 0.2) is 24.4 Å². The molecule has 1 atom stereocenters. The third-order valence-corrected chi connectivity index (χ3v) is 3.44. The van der Waals surface area contributed by atoms with E-state index in [1.807, 2.05) is 0 Å². The largest absolute Gasteiger partial charge is 0.480 e. The Morgan fingerprint density at radius 3 is 2.62 bits per heavy atom. The summed E-state index contributed by atoms with van der Waals surface area (Å²) >= 11 is 12.2. The van der Waals surface area contributed by atoms with Crippen molar-refractivity contribution < 1.29 is 9.47 Å². The van der Waals surface area contributed by atoms with Gasteiger partial charge in [0.05, 0.1) is 26.5 Å². The maximum Gasteiger partial charge on any atom is 0.240 e. The molecule has 1 unspecified atom stereocenters. The fraction of sp³-hybridized carbons (Fsp3) is 0.231. The minimum absolute atomic E-state index is 0.286. The molecule has 0 fully saturated rings. The van der Waals surface area contributed by atoms with Crippen molar-refractivity contribution in [3.63, 3.8) is 0 Å². The number of nitrogens with two attached hydrogens (primary N) is 1. The highest BCUT2D eigenvalue weighted by atomic mass is 35.5. The molecule has 0 saturated carbocycles. The van der Waals surface area contributed by atoms with Gasteiger partial charge in [0, 0.05) is 10.0 Å². The van der Waals surface area contributed by atoms with Crippen molar-refractivity contribution in [2.75, 3.05) is 14.2 Å². The second-order valence-corrected chi connectivity index (χ2v) is 4.92. The highest BCUT2D eigenvalue weighted by molar-refractivity contribution is 6.33. The molecule has 0 spiro atoms. The maximum atomic E-state index is 6.21. The van der Waals surface area contributed by atoms with Gasteiger partial charge in [-0.05, 0) is 23.8 Å². The van der Waals surface area contributed by atoms with Crippen molar-refractivity contribution in [1.82, 2.24) is 15.4 Å². The number of nitrogens with zero attached hydrogens (tertiary/aromatic N) is 2. The van der Waals surface area contributed by atoms with Crippen molar-refractivity contribution >= 4 is 23.2 Å². The molecule has 0 radical (unpaired) electrons. The summed E-state index contributed by atoms with van der Waals surface area (Å²) < 4.78 is 10.3. The number of rotatable bonds is 5. The van der Waals surface area contributed by atoms with Gasteiger partial charge in [-0.2, -0.15) is 4.98 Å². The van der Waals surface area contributed by atoms with Crippen molar-refractivity contribution in [1.29, 1.82) is 0 Å². The van der Waals surface area contributed by atoms with Gasteiger partial charge >= 0.3 is 0 Å². The van der Waals surface area contributed by atoms with E-state index in [1.165, 1.54) is 20.4 Å². The number of benzene rings is 1. The molecule has 3 N–H and O–H groups in total. The van der Waals surface area contributed by atoms with Crippen LogP contribution in [0.4, 0.5) is 0 Å². The number of methoxy groups -OCH3 is 2. The highest BCUT2D eigenvalue weighted by Gasteiger charge is 2.23. The summed E-state index contributed by atoms with van der Waals surface area (Å²) in [6.45, 7) is 0. The monoisotopic (exact) mass is 328 g/mol. The first-order chi connectivity index (χ1) is 10.1. The minimum atomic E-state index is -0.524. The molecule has 8 heteroatoms. The molecule has 0 aliphatic carbocycles. The Balaban J connectivity index is 2.53.